The van der Waals surface area contributed by atoms with Gasteiger partial charge in [-0.05, 0) is 63.5 Å². The lowest BCUT2D eigenvalue weighted by Gasteiger charge is -2.36. The number of fused-ring (bicyclic) bond motifs is 1. The van der Waals surface area contributed by atoms with Crippen molar-refractivity contribution in [3.8, 4) is 0 Å². The highest BCUT2D eigenvalue weighted by Crippen LogP contribution is 2.56. The van der Waals surface area contributed by atoms with Crippen molar-refractivity contribution < 1.29 is 90.4 Å². The standard InChI is InChI=1S/C46H74N7O19P3/c1-44(2,22-15-9-11-17-31-19-13-12-18-30(31)16-10-7-8-14-23-45(3,4)43(59)60)33(54)20-24-48-34(55)21-25-49-41(58)38(57)46(5,6)27-69-75(66,67)72-74(64,65)68-26-32-37(71-73(61,62)63)36(56)42(70-32)53-29-52-35-39(47)50-28-51-40(35)53/h12-13,18-19,28-29,32,36-38,42,56-57H,7-11,14-17,20-27H2,1-6H3,(H,48,55)(H,49,58)(H,59,60)(H,64,65)(H,66,67)(H2,47,50,51)(H2,61,62,63)/p-4. The second kappa shape index (κ2) is 27.5. The molecular formula is C46H70N7O19P3-4. The summed E-state index contributed by atoms with van der Waals surface area (Å²) in [7, 11) is -17.7. The molecule has 0 saturated carbocycles. The number of Topliss-reactive ketones (excluding diaryl/α,β-unsaturated/α-hetero) is 1. The molecule has 26 nitrogen and oxygen atoms in total. The van der Waals surface area contributed by atoms with Crippen LogP contribution >= 0.6 is 23.5 Å². The van der Waals surface area contributed by atoms with E-state index in [4.69, 9.17) is 10.5 Å². The minimum Gasteiger partial charge on any atom is -0.790 e. The average Bonchev–Trinajstić information content (AvgIpc) is 3.88. The van der Waals surface area contributed by atoms with Crippen LogP contribution in [0.5, 0.6) is 0 Å². The van der Waals surface area contributed by atoms with Crippen molar-refractivity contribution in [2.45, 2.75) is 156 Å². The second-order valence-electron chi connectivity index (χ2n) is 20.5. The van der Waals surface area contributed by atoms with E-state index in [-0.39, 0.29) is 48.7 Å². The van der Waals surface area contributed by atoms with Crippen molar-refractivity contribution in [2.75, 3.05) is 32.0 Å². The van der Waals surface area contributed by atoms with Crippen molar-refractivity contribution in [1.29, 1.82) is 0 Å². The van der Waals surface area contributed by atoms with Crippen molar-refractivity contribution >= 4 is 64.0 Å². The molecule has 4 rings (SSSR count). The Balaban J connectivity index is 1.12. The molecule has 0 bridgehead atoms. The van der Waals surface area contributed by atoms with Crippen molar-refractivity contribution in [2.24, 2.45) is 16.2 Å². The van der Waals surface area contributed by atoms with Crippen molar-refractivity contribution in [3.63, 3.8) is 0 Å². The fourth-order valence-corrected chi connectivity index (χ4v) is 10.9. The molecule has 7 N–H and O–H groups in total. The number of carboxylic acids is 1. The number of amides is 2. The number of ketones is 1. The maximum absolute atomic E-state index is 13.1. The van der Waals surface area contributed by atoms with Crippen LogP contribution in [0, 0.1) is 16.2 Å². The summed E-state index contributed by atoms with van der Waals surface area (Å²) >= 11 is 0. The number of rotatable bonds is 34. The van der Waals surface area contributed by atoms with Gasteiger partial charge in [0.15, 0.2) is 17.7 Å². The molecule has 29 heteroatoms. The largest absolute Gasteiger partial charge is 0.790 e. The van der Waals surface area contributed by atoms with Gasteiger partial charge in [-0.25, -0.2) is 19.3 Å². The number of hydrogen-bond acceptors (Lipinski definition) is 22. The molecule has 422 valence electrons. The number of aromatic nitrogens is 4. The Morgan fingerprint density at radius 2 is 1.39 bits per heavy atom. The summed E-state index contributed by atoms with van der Waals surface area (Å²) in [5.74, 6) is -2.39. The van der Waals surface area contributed by atoms with Gasteiger partial charge >= 0.3 is 5.97 Å². The molecule has 1 saturated heterocycles. The number of nitrogens with two attached hydrogens (primary N) is 1. The third kappa shape index (κ3) is 20.0. The molecule has 0 radical (unpaired) electrons. The lowest BCUT2D eigenvalue weighted by molar-refractivity contribution is -0.347. The lowest BCUT2D eigenvalue weighted by atomic mass is 9.81. The van der Waals surface area contributed by atoms with Crippen LogP contribution in [0.4, 0.5) is 5.82 Å². The fraction of sp³-hybridized carbons (Fsp3) is 0.674. The molecule has 0 aliphatic carbocycles. The molecule has 7 atom stereocenters. The number of phosphoric ester groups is 3. The number of anilines is 1. The molecular weight excluding hydrogens is 1050 g/mol. The van der Waals surface area contributed by atoms with Crippen LogP contribution in [-0.4, -0.2) is 109 Å². The number of nitrogens with zero attached hydrogens (tertiary/aromatic N) is 4. The van der Waals surface area contributed by atoms with Gasteiger partial charge in [0.2, 0.25) is 11.8 Å². The zero-order valence-electron chi connectivity index (χ0n) is 43.0. The van der Waals surface area contributed by atoms with E-state index in [1.165, 1.54) is 25.0 Å². The number of carbonyl (C=O) groups is 4. The number of carboxylic acid groups (broad SMARTS) is 1. The Bertz CT molecular complexity index is 2560. The third-order valence-electron chi connectivity index (χ3n) is 12.9. The van der Waals surface area contributed by atoms with Gasteiger partial charge < -0.3 is 74.1 Å². The third-order valence-corrected chi connectivity index (χ3v) is 15.9. The van der Waals surface area contributed by atoms with E-state index in [1.54, 1.807) is 13.8 Å². The van der Waals surface area contributed by atoms with Crippen LogP contribution in [-0.2, 0) is 68.3 Å². The number of phosphoric acid groups is 3. The highest BCUT2D eigenvalue weighted by Gasteiger charge is 2.47. The Morgan fingerprint density at radius 1 is 0.813 bits per heavy atom. The topological polar surface area (TPSA) is 412 Å². The SMILES string of the molecule is CC(C)(CCCCCCc1ccccc1CCCCCC(C)(C)C(=O)CCNC(=O)CCNC(=O)C(O)C(C)(C)COP(=O)([O-])OP(=O)([O-])OCC1OC(n2cnc3c(N)ncnc32)C(O)C1OP(=O)([O-])[O-])C(=O)O. The quantitative estimate of drug-likeness (QED) is 0.0369. The number of imidazole rings is 1. The van der Waals surface area contributed by atoms with Crippen LogP contribution in [0.25, 0.3) is 11.2 Å². The number of nitrogens with one attached hydrogen (secondary N) is 2. The van der Waals surface area contributed by atoms with E-state index in [2.05, 4.69) is 55.6 Å². The Kier molecular flexibility index (Phi) is 23.2. The fourth-order valence-electron chi connectivity index (χ4n) is 8.16. The van der Waals surface area contributed by atoms with E-state index >= 15 is 0 Å². The highest BCUT2D eigenvalue weighted by atomic mass is 31.3. The number of benzene rings is 1. The Hall–Kier alpha value is -4.10. The smallest absolute Gasteiger partial charge is 0.309 e. The van der Waals surface area contributed by atoms with Gasteiger partial charge in [-0.15, -0.1) is 0 Å². The predicted octanol–water partition coefficient (Wildman–Crippen LogP) is 2.27. The number of aliphatic hydroxyl groups is 2. The summed E-state index contributed by atoms with van der Waals surface area (Å²) in [6.07, 6.45) is 2.36. The first-order chi connectivity index (χ1) is 34.8. The first-order valence-electron chi connectivity index (χ1n) is 24.5. The first-order valence-corrected chi connectivity index (χ1v) is 28.9. The van der Waals surface area contributed by atoms with E-state index in [9.17, 15) is 67.8 Å². The number of aliphatic carboxylic acids is 1. The number of nitrogen functional groups attached to an aromatic ring is 1. The number of hydrogen-bond donors (Lipinski definition) is 6. The van der Waals surface area contributed by atoms with Crippen molar-refractivity contribution in [1.82, 2.24) is 30.2 Å². The molecule has 1 aromatic carbocycles. The van der Waals surface area contributed by atoms with Gasteiger partial charge in [-0.2, -0.15) is 0 Å². The molecule has 75 heavy (non-hydrogen) atoms. The average molecular weight is 1120 g/mol. The minimum absolute atomic E-state index is 0.0173. The second-order valence-corrected chi connectivity index (χ2v) is 24.5. The van der Waals surface area contributed by atoms with Gasteiger partial charge in [-0.3, -0.25) is 32.9 Å². The van der Waals surface area contributed by atoms with Gasteiger partial charge in [-0.1, -0.05) is 84.1 Å². The first kappa shape index (κ1) is 63.4. The Morgan fingerprint density at radius 3 is 2.00 bits per heavy atom. The molecule has 0 spiro atoms. The number of aliphatic hydroxyl groups excluding tert-OH is 2. The summed E-state index contributed by atoms with van der Waals surface area (Å²) < 4.78 is 61.0. The van der Waals surface area contributed by atoms with Gasteiger partial charge in [0.1, 0.15) is 42.0 Å². The summed E-state index contributed by atoms with van der Waals surface area (Å²) in [6.45, 7) is 7.18. The maximum atomic E-state index is 13.1. The molecule has 1 aliphatic rings. The minimum atomic E-state index is -5.94. The van der Waals surface area contributed by atoms with Gasteiger partial charge in [0.25, 0.3) is 15.6 Å². The molecule has 7 unspecified atom stereocenters. The lowest BCUT2D eigenvalue weighted by Crippen LogP contribution is -2.46. The van der Waals surface area contributed by atoms with E-state index in [0.29, 0.717) is 12.8 Å². The molecule has 2 amide bonds. The molecule has 1 aliphatic heterocycles. The van der Waals surface area contributed by atoms with Crippen LogP contribution in [0.1, 0.15) is 130 Å². The van der Waals surface area contributed by atoms with E-state index in [1.807, 2.05) is 26.0 Å². The number of unbranched alkanes of at least 4 members (excludes halogenated alkanes) is 5. The number of carbonyl (C=O) groups excluding carboxylic acids is 3. The maximum Gasteiger partial charge on any atom is 0.309 e. The van der Waals surface area contributed by atoms with E-state index in [0.717, 1.165) is 75.0 Å². The molecule has 3 aromatic rings. The normalized spacial score (nSPS) is 19.6. The summed E-state index contributed by atoms with van der Waals surface area (Å²) in [5.41, 5.74) is 5.39. The van der Waals surface area contributed by atoms with Gasteiger partial charge in [0, 0.05) is 36.8 Å². The van der Waals surface area contributed by atoms with Crippen LogP contribution in [0.3, 0.4) is 0 Å². The van der Waals surface area contributed by atoms with Crippen LogP contribution in [0.15, 0.2) is 36.9 Å². The summed E-state index contributed by atoms with van der Waals surface area (Å²) in [4.78, 5) is 110. The number of aryl methyl sites for hydroxylation is 2. The van der Waals surface area contributed by atoms with Crippen molar-refractivity contribution in [3.05, 3.63) is 48.0 Å². The number of ether oxygens (including phenoxy) is 1. The molecule has 3 heterocycles. The monoisotopic (exact) mass is 1120 g/mol. The van der Waals surface area contributed by atoms with Crippen LogP contribution in [0.2, 0.25) is 0 Å². The molecule has 2 aromatic heterocycles. The Labute approximate surface area is 435 Å². The summed E-state index contributed by atoms with van der Waals surface area (Å²) in [5, 5.41) is 35.9. The summed E-state index contributed by atoms with van der Waals surface area (Å²) in [6, 6.07) is 8.41. The zero-order chi connectivity index (χ0) is 56.0. The molecule has 1 fully saturated rings. The van der Waals surface area contributed by atoms with Gasteiger partial charge in [0.05, 0.1) is 32.8 Å². The zero-order valence-corrected chi connectivity index (χ0v) is 45.6. The van der Waals surface area contributed by atoms with E-state index < -0.39 is 101 Å². The predicted molar refractivity (Wildman–Crippen MR) is 261 cm³/mol. The highest BCUT2D eigenvalue weighted by molar-refractivity contribution is 7.59. The van der Waals surface area contributed by atoms with Crippen LogP contribution < -0.4 is 35.9 Å².